The number of fused-ring (bicyclic) bond motifs is 1. The molecule has 6 atom stereocenters. The minimum absolute atomic E-state index is 0.00560. The zero-order valence-electron chi connectivity index (χ0n) is 48.2. The Morgan fingerprint density at radius 2 is 1.38 bits per heavy atom. The Morgan fingerprint density at radius 1 is 0.759 bits per heavy atom. The summed E-state index contributed by atoms with van der Waals surface area (Å²) in [5.41, 5.74) is 2.21. The van der Waals surface area contributed by atoms with Gasteiger partial charge in [0, 0.05) is 73.2 Å². The third-order valence-electron chi connectivity index (χ3n) is 15.1. The van der Waals surface area contributed by atoms with Crippen LogP contribution in [0.25, 0.3) is 0 Å². The molecule has 87 heavy (non-hydrogen) atoms. The summed E-state index contributed by atoms with van der Waals surface area (Å²) in [4.78, 5) is 74.9. The van der Waals surface area contributed by atoms with E-state index in [4.69, 9.17) is 0 Å². The van der Waals surface area contributed by atoms with E-state index in [2.05, 4.69) is 36.9 Å². The zero-order chi connectivity index (χ0) is 62.3. The number of aliphatic hydroxyl groups is 1. The number of ketones is 1. The summed E-state index contributed by atoms with van der Waals surface area (Å²) in [6.07, 6.45) is 5.01. The second-order valence-electron chi connectivity index (χ2n) is 22.1. The standard InChI is InChI=1S/C61H72N10O13S3/c1-40(2)36-69(87(83,84)50-30-28-49(29-31-50)86(81,82)48-26-22-46(23-27-48)71(79)80)38-54(73)53(34-42-18-24-47(72)25-19-42)70-37-45(67-68-70)35-63-60(77)51(33-41-16-20-44(21-17-41)59(76)43-11-5-3-6-12-43)64-57(75)15-7-4-10-32-62-56(74)14-9-8-13-55-58-52(39-85-55)65-61(78)66-58/h3,5-6,11-12,16-31,37,40,51-55,58,72-73H,4,7-10,13-15,32-36,38-39H2,1-2H3,(H,62,74)(H,63,77)(H,64,75)(H2,65,66,78)/t51-,52-,53-,54?,55-,58-/m0/s1. The zero-order valence-corrected chi connectivity index (χ0v) is 50.6. The molecule has 6 aromatic rings. The molecule has 3 heterocycles. The smallest absolute Gasteiger partial charge is 0.315 e. The first-order chi connectivity index (χ1) is 41.6. The Balaban J connectivity index is 0.899. The first kappa shape index (κ1) is 64.9. The summed E-state index contributed by atoms with van der Waals surface area (Å²) in [6.45, 7) is 3.35. The number of aromatic nitrogens is 3. The lowest BCUT2D eigenvalue weighted by Crippen LogP contribution is -2.47. The largest absolute Gasteiger partial charge is 0.508 e. The fourth-order valence-corrected chi connectivity index (χ4v) is 14.8. The number of benzene rings is 5. The van der Waals surface area contributed by atoms with Gasteiger partial charge in [-0.1, -0.05) is 98.6 Å². The topological polar surface area (TPSA) is 331 Å². The van der Waals surface area contributed by atoms with Crippen molar-refractivity contribution in [3.63, 3.8) is 0 Å². The van der Waals surface area contributed by atoms with Crippen molar-refractivity contribution in [1.82, 2.24) is 45.9 Å². The molecule has 8 rings (SSSR count). The quantitative estimate of drug-likeness (QED) is 0.00813. The van der Waals surface area contributed by atoms with Gasteiger partial charge in [-0.15, -0.1) is 5.10 Å². The highest BCUT2D eigenvalue weighted by atomic mass is 32.2. The van der Waals surface area contributed by atoms with Gasteiger partial charge in [-0.3, -0.25) is 29.3 Å². The molecule has 1 unspecified atom stereocenters. The number of phenols is 1. The van der Waals surface area contributed by atoms with Gasteiger partial charge >= 0.3 is 6.03 Å². The number of sulfonamides is 1. The van der Waals surface area contributed by atoms with Gasteiger partial charge in [0.25, 0.3) is 5.69 Å². The molecule has 5 aromatic carbocycles. The highest BCUT2D eigenvalue weighted by Crippen LogP contribution is 2.34. The summed E-state index contributed by atoms with van der Waals surface area (Å²) in [6, 6.07) is 28.7. The van der Waals surface area contributed by atoms with Crippen molar-refractivity contribution < 1.29 is 55.9 Å². The van der Waals surface area contributed by atoms with Crippen molar-refractivity contribution in [1.29, 1.82) is 0 Å². The van der Waals surface area contributed by atoms with Crippen LogP contribution in [0.15, 0.2) is 148 Å². The molecule has 0 aliphatic carbocycles. The number of non-ortho nitro benzene ring substituents is 1. The lowest BCUT2D eigenvalue weighted by molar-refractivity contribution is -0.384. The summed E-state index contributed by atoms with van der Waals surface area (Å²) < 4.78 is 58.2. The molecule has 2 aliphatic heterocycles. The van der Waals surface area contributed by atoms with Crippen LogP contribution in [0.3, 0.4) is 0 Å². The average Bonchev–Trinajstić information content (AvgIpc) is 2.21. The van der Waals surface area contributed by atoms with Crippen LogP contribution in [0.5, 0.6) is 5.75 Å². The molecule has 5 amide bonds. The number of nitro groups is 1. The number of amides is 5. The maximum Gasteiger partial charge on any atom is 0.315 e. The van der Waals surface area contributed by atoms with E-state index < -0.39 is 55.4 Å². The molecular formula is C61H72N10O13S3. The maximum absolute atomic E-state index is 14.4. The number of aromatic hydroxyl groups is 1. The molecule has 0 radical (unpaired) electrons. The van der Waals surface area contributed by atoms with E-state index in [1.807, 2.05) is 17.8 Å². The Hall–Kier alpha value is -8.04. The number of nitro benzene ring substituents is 1. The highest BCUT2D eigenvalue weighted by Gasteiger charge is 2.42. The predicted molar refractivity (Wildman–Crippen MR) is 325 cm³/mol. The Morgan fingerprint density at radius 3 is 2.06 bits per heavy atom. The number of nitrogens with one attached hydrogen (secondary N) is 5. The molecule has 7 N–H and O–H groups in total. The second-order valence-corrected chi connectivity index (χ2v) is 27.3. The molecule has 2 saturated heterocycles. The third-order valence-corrected chi connectivity index (χ3v) is 20.2. The van der Waals surface area contributed by atoms with Crippen molar-refractivity contribution in [3.8, 4) is 5.75 Å². The van der Waals surface area contributed by atoms with E-state index in [0.717, 1.165) is 77.9 Å². The van der Waals surface area contributed by atoms with Crippen LogP contribution in [0.1, 0.15) is 104 Å². The van der Waals surface area contributed by atoms with E-state index >= 15 is 0 Å². The summed E-state index contributed by atoms with van der Waals surface area (Å²) >= 11 is 1.85. The van der Waals surface area contributed by atoms with Gasteiger partial charge in [0.05, 0.1) is 56.6 Å². The van der Waals surface area contributed by atoms with Crippen molar-refractivity contribution in [2.45, 2.75) is 135 Å². The minimum atomic E-state index is -4.41. The number of rotatable bonds is 32. The summed E-state index contributed by atoms with van der Waals surface area (Å²) in [5, 5.41) is 56.9. The van der Waals surface area contributed by atoms with Crippen LogP contribution < -0.4 is 26.6 Å². The SMILES string of the molecule is CC(C)CN(CC(O)[C@H](Cc1ccc(O)cc1)n1cc(CNC(=O)[C@H](Cc2ccc(C(=O)c3ccccc3)cc2)NC(=O)CCCCCNC(=O)CCCC[C@@H]2SC[C@@H]3NC(=O)N[C@@H]32)nn1)S(=O)(=O)c1ccc(S(=O)(=O)c2ccc([N+](=O)[O-])cc2)cc1. The molecular weight excluding hydrogens is 1180 g/mol. The van der Waals surface area contributed by atoms with Crippen LogP contribution >= 0.6 is 11.8 Å². The molecule has 2 fully saturated rings. The van der Waals surface area contributed by atoms with Gasteiger partial charge in [-0.05, 0) is 97.7 Å². The van der Waals surface area contributed by atoms with Gasteiger partial charge in [0.15, 0.2) is 5.78 Å². The number of sulfone groups is 1. The van der Waals surface area contributed by atoms with Gasteiger partial charge in [-0.25, -0.2) is 26.3 Å². The second kappa shape index (κ2) is 30.0. The number of hydrogen-bond donors (Lipinski definition) is 7. The van der Waals surface area contributed by atoms with Crippen LogP contribution in [0, 0.1) is 16.0 Å². The number of carbonyl (C=O) groups excluding carboxylic acids is 5. The molecule has 0 spiro atoms. The lowest BCUT2D eigenvalue weighted by Gasteiger charge is -2.30. The predicted octanol–water partition coefficient (Wildman–Crippen LogP) is 6.19. The van der Waals surface area contributed by atoms with Crippen LogP contribution in [-0.4, -0.2) is 136 Å². The number of nitrogens with zero attached hydrogens (tertiary/aromatic N) is 5. The van der Waals surface area contributed by atoms with Gasteiger partial charge in [0.1, 0.15) is 17.5 Å². The minimum Gasteiger partial charge on any atom is -0.508 e. The fraction of sp³-hybridized carbons (Fsp3) is 0.393. The number of thioether (sulfide) groups is 1. The number of hydrogen-bond acceptors (Lipinski definition) is 16. The monoisotopic (exact) mass is 1250 g/mol. The number of unbranched alkanes of at least 4 members (excludes halogenated alkanes) is 3. The molecule has 0 saturated carbocycles. The molecule has 0 bridgehead atoms. The highest BCUT2D eigenvalue weighted by molar-refractivity contribution is 8.00. The lowest BCUT2D eigenvalue weighted by atomic mass is 9.99. The maximum atomic E-state index is 14.4. The van der Waals surface area contributed by atoms with Gasteiger partial charge in [-0.2, -0.15) is 16.1 Å². The first-order valence-corrected chi connectivity index (χ1v) is 32.8. The Bertz CT molecular complexity index is 3580. The molecule has 462 valence electrons. The number of carbonyl (C=O) groups is 5. The summed E-state index contributed by atoms with van der Waals surface area (Å²) in [7, 11) is -8.61. The van der Waals surface area contributed by atoms with E-state index in [-0.39, 0.29) is 106 Å². The van der Waals surface area contributed by atoms with Gasteiger partial charge in [0.2, 0.25) is 37.6 Å². The van der Waals surface area contributed by atoms with E-state index in [9.17, 15) is 61.1 Å². The Kier molecular flexibility index (Phi) is 22.4. The van der Waals surface area contributed by atoms with Crippen molar-refractivity contribution >= 4 is 66.8 Å². The number of phenolic OH excluding ortho intramolecular Hbond substituents is 1. The van der Waals surface area contributed by atoms with E-state index in [1.54, 1.807) is 74.5 Å². The van der Waals surface area contributed by atoms with Crippen molar-refractivity contribution in [2.75, 3.05) is 25.4 Å². The first-order valence-electron chi connectivity index (χ1n) is 28.8. The van der Waals surface area contributed by atoms with Gasteiger partial charge < -0.3 is 36.8 Å². The fourth-order valence-electron chi connectivity index (χ4n) is 10.4. The van der Waals surface area contributed by atoms with E-state index in [1.165, 1.54) is 23.0 Å². The number of urea groups is 1. The van der Waals surface area contributed by atoms with Crippen LogP contribution in [0.4, 0.5) is 10.5 Å². The summed E-state index contributed by atoms with van der Waals surface area (Å²) in [5.74, 6) is -0.496. The average molecular weight is 1250 g/mol. The van der Waals surface area contributed by atoms with Crippen LogP contribution in [0.2, 0.25) is 0 Å². The molecule has 23 nitrogen and oxygen atoms in total. The van der Waals surface area contributed by atoms with Crippen molar-refractivity contribution in [3.05, 3.63) is 172 Å². The van der Waals surface area contributed by atoms with E-state index in [0.29, 0.717) is 59.7 Å². The molecule has 26 heteroatoms. The Labute approximate surface area is 509 Å². The normalized spacial score (nSPS) is 16.7. The molecule has 2 aliphatic rings. The number of aliphatic hydroxyl groups excluding tert-OH is 1. The van der Waals surface area contributed by atoms with Crippen molar-refractivity contribution in [2.24, 2.45) is 5.92 Å². The molecule has 1 aromatic heterocycles. The third kappa shape index (κ3) is 17.8. The van der Waals surface area contributed by atoms with Crippen LogP contribution in [-0.2, 0) is 53.6 Å².